The van der Waals surface area contributed by atoms with Crippen molar-refractivity contribution in [3.05, 3.63) is 108 Å². The fourth-order valence-corrected chi connectivity index (χ4v) is 3.12. The third-order valence-corrected chi connectivity index (χ3v) is 5.20. The smallest absolute Gasteiger partial charge is 0.338 e. The van der Waals surface area contributed by atoms with Crippen molar-refractivity contribution in [1.29, 1.82) is 0 Å². The van der Waals surface area contributed by atoms with Crippen molar-refractivity contribution in [2.24, 2.45) is 0 Å². The van der Waals surface area contributed by atoms with E-state index in [1.54, 1.807) is 31.5 Å². The van der Waals surface area contributed by atoms with Gasteiger partial charge >= 0.3 is 5.97 Å². The zero-order valence-corrected chi connectivity index (χ0v) is 20.1. The molecule has 0 saturated carbocycles. The van der Waals surface area contributed by atoms with E-state index in [0.29, 0.717) is 23.7 Å². The molecular formula is C26H27NO6S. The molecule has 1 aromatic heterocycles. The molecule has 0 radical (unpaired) electrons. The Morgan fingerprint density at radius 2 is 1.50 bits per heavy atom. The van der Waals surface area contributed by atoms with Crippen molar-refractivity contribution >= 4 is 27.6 Å². The maximum atomic E-state index is 12.0. The number of carbonyl (C=O) groups is 1. The topological polar surface area (TPSA) is 103 Å². The van der Waals surface area contributed by atoms with Crippen molar-refractivity contribution in [2.45, 2.75) is 25.7 Å². The molecule has 7 nitrogen and oxygen atoms in total. The summed E-state index contributed by atoms with van der Waals surface area (Å²) < 4.78 is 40.9. The van der Waals surface area contributed by atoms with Crippen LogP contribution in [0.5, 0.6) is 0 Å². The van der Waals surface area contributed by atoms with Crippen LogP contribution in [-0.2, 0) is 24.4 Å². The first kappa shape index (κ1) is 26.5. The van der Waals surface area contributed by atoms with Gasteiger partial charge in [0.2, 0.25) is 0 Å². The summed E-state index contributed by atoms with van der Waals surface area (Å²) in [6.07, 6.45) is 3.33. The number of rotatable bonds is 7. The second-order valence-corrected chi connectivity index (χ2v) is 8.57. The largest absolute Gasteiger partial charge is 0.489 e. The zero-order chi connectivity index (χ0) is 25.1. The third-order valence-electron chi connectivity index (χ3n) is 4.34. The van der Waals surface area contributed by atoms with Gasteiger partial charge in [-0.15, -0.1) is 0 Å². The van der Waals surface area contributed by atoms with Gasteiger partial charge in [-0.1, -0.05) is 54.6 Å². The normalized spacial score (nSPS) is 11.4. The molecule has 0 aliphatic heterocycles. The van der Waals surface area contributed by atoms with Crippen molar-refractivity contribution in [1.82, 2.24) is 4.98 Å². The van der Waals surface area contributed by atoms with Gasteiger partial charge in [0.15, 0.2) is 11.5 Å². The summed E-state index contributed by atoms with van der Waals surface area (Å²) in [4.78, 5) is 16.0. The van der Waals surface area contributed by atoms with Crippen LogP contribution in [-0.4, -0.2) is 30.5 Å². The Balaban J connectivity index is 0.000000310. The number of benzene rings is 2. The summed E-state index contributed by atoms with van der Waals surface area (Å²) in [6.45, 7) is 9.40. The van der Waals surface area contributed by atoms with Crippen LogP contribution in [0.1, 0.15) is 30.5 Å². The van der Waals surface area contributed by atoms with E-state index in [4.69, 9.17) is 14.0 Å². The molecule has 1 heterocycles. The molecule has 0 bridgehead atoms. The van der Waals surface area contributed by atoms with E-state index in [1.807, 2.05) is 56.3 Å². The second kappa shape index (κ2) is 12.5. The average Bonchev–Trinajstić information content (AvgIpc) is 2.82. The predicted octanol–water partition coefficient (Wildman–Crippen LogP) is 5.30. The molecule has 3 aromatic rings. The lowest BCUT2D eigenvalue weighted by Gasteiger charge is -2.16. The standard InChI is InChI=1S/C19H19NO3.C7H8O3S/c1-4-22-17(16-10-12-20-13-11-16)18(23-19(21)14(2)3)15-8-6-5-7-9-15;1-6-2-4-7(5-3-6)11(8,9)10/h5-13H,2,4H2,1,3H3;2-5H,1H3,(H,8,9,10). The first-order valence-corrected chi connectivity index (χ1v) is 11.8. The fourth-order valence-electron chi connectivity index (χ4n) is 2.64. The Bertz CT molecular complexity index is 1240. The first-order valence-electron chi connectivity index (χ1n) is 10.4. The lowest BCUT2D eigenvalue weighted by molar-refractivity contribution is -0.132. The molecule has 0 saturated heterocycles. The van der Waals surface area contributed by atoms with E-state index in [2.05, 4.69) is 11.6 Å². The van der Waals surface area contributed by atoms with Gasteiger partial charge < -0.3 is 9.47 Å². The Hall–Kier alpha value is -3.75. The molecular weight excluding hydrogens is 454 g/mol. The van der Waals surface area contributed by atoms with Gasteiger partial charge in [-0.2, -0.15) is 8.42 Å². The molecule has 0 aliphatic rings. The van der Waals surface area contributed by atoms with E-state index >= 15 is 0 Å². The highest BCUT2D eigenvalue weighted by molar-refractivity contribution is 7.85. The fraction of sp³-hybridized carbons (Fsp3) is 0.154. The summed E-state index contributed by atoms with van der Waals surface area (Å²) in [6, 6.07) is 19.0. The van der Waals surface area contributed by atoms with Gasteiger partial charge in [0, 0.05) is 29.1 Å². The van der Waals surface area contributed by atoms with Crippen molar-refractivity contribution in [3.8, 4) is 0 Å². The van der Waals surface area contributed by atoms with Gasteiger partial charge in [-0.3, -0.25) is 9.54 Å². The third kappa shape index (κ3) is 7.99. The Labute approximate surface area is 200 Å². The molecule has 0 fully saturated rings. The molecule has 34 heavy (non-hydrogen) atoms. The SMILES string of the molecule is C=C(C)C(=O)OC(=C(OCC)c1ccncc1)c1ccccc1.Cc1ccc(S(=O)(=O)O)cc1. The molecule has 0 spiro atoms. The Morgan fingerprint density at radius 3 is 2.00 bits per heavy atom. The van der Waals surface area contributed by atoms with Crippen molar-refractivity contribution < 1.29 is 27.2 Å². The number of aryl methyl sites for hydroxylation is 1. The quantitative estimate of drug-likeness (QED) is 0.211. The molecule has 8 heteroatoms. The Morgan fingerprint density at radius 1 is 0.941 bits per heavy atom. The first-order chi connectivity index (χ1) is 16.1. The van der Waals surface area contributed by atoms with Crippen LogP contribution in [0.4, 0.5) is 0 Å². The number of nitrogens with zero attached hydrogens (tertiary/aromatic N) is 1. The number of ether oxygens (including phenoxy) is 2. The number of pyridine rings is 1. The molecule has 0 aliphatic carbocycles. The van der Waals surface area contributed by atoms with Gasteiger partial charge in [-0.05, 0) is 45.0 Å². The number of esters is 1. The molecule has 0 amide bonds. The zero-order valence-electron chi connectivity index (χ0n) is 19.3. The van der Waals surface area contributed by atoms with Crippen molar-refractivity contribution in [2.75, 3.05) is 6.61 Å². The van der Waals surface area contributed by atoms with Crippen LogP contribution >= 0.6 is 0 Å². The summed E-state index contributed by atoms with van der Waals surface area (Å²) in [7, 11) is -4.02. The van der Waals surface area contributed by atoms with E-state index in [-0.39, 0.29) is 4.90 Å². The molecule has 0 atom stereocenters. The van der Waals surface area contributed by atoms with Gasteiger partial charge in [0.25, 0.3) is 10.1 Å². The van der Waals surface area contributed by atoms with E-state index in [0.717, 1.165) is 16.7 Å². The highest BCUT2D eigenvalue weighted by Crippen LogP contribution is 2.29. The lowest BCUT2D eigenvalue weighted by Crippen LogP contribution is -2.08. The molecule has 0 unspecified atom stereocenters. The lowest BCUT2D eigenvalue weighted by atomic mass is 10.1. The monoisotopic (exact) mass is 481 g/mol. The van der Waals surface area contributed by atoms with Gasteiger partial charge in [-0.25, -0.2) is 4.79 Å². The maximum absolute atomic E-state index is 12.0. The van der Waals surface area contributed by atoms with E-state index < -0.39 is 16.1 Å². The minimum absolute atomic E-state index is 0.0666. The number of carbonyl (C=O) groups excluding carboxylic acids is 1. The minimum Gasteiger partial charge on any atom is -0.489 e. The summed E-state index contributed by atoms with van der Waals surface area (Å²) in [5, 5.41) is 0. The molecule has 1 N–H and O–H groups in total. The number of aromatic nitrogens is 1. The van der Waals surface area contributed by atoms with Gasteiger partial charge in [0.1, 0.15) is 0 Å². The number of hydrogen-bond donors (Lipinski definition) is 1. The molecule has 3 rings (SSSR count). The van der Waals surface area contributed by atoms with Crippen LogP contribution in [0, 0.1) is 6.92 Å². The van der Waals surface area contributed by atoms with E-state index in [9.17, 15) is 13.2 Å². The van der Waals surface area contributed by atoms with E-state index in [1.165, 1.54) is 12.1 Å². The molecule has 2 aromatic carbocycles. The minimum atomic E-state index is -4.02. The van der Waals surface area contributed by atoms with Crippen LogP contribution in [0.2, 0.25) is 0 Å². The second-order valence-electron chi connectivity index (χ2n) is 7.15. The Kier molecular flexibility index (Phi) is 9.73. The predicted molar refractivity (Wildman–Crippen MR) is 131 cm³/mol. The summed E-state index contributed by atoms with van der Waals surface area (Å²) >= 11 is 0. The summed E-state index contributed by atoms with van der Waals surface area (Å²) in [5.41, 5.74) is 2.82. The van der Waals surface area contributed by atoms with Crippen LogP contribution in [0.3, 0.4) is 0 Å². The van der Waals surface area contributed by atoms with Crippen LogP contribution in [0.15, 0.2) is 96.2 Å². The average molecular weight is 482 g/mol. The van der Waals surface area contributed by atoms with Crippen LogP contribution in [0.25, 0.3) is 11.5 Å². The molecule has 178 valence electrons. The highest BCUT2D eigenvalue weighted by atomic mass is 32.2. The summed E-state index contributed by atoms with van der Waals surface area (Å²) in [5.74, 6) is 0.373. The van der Waals surface area contributed by atoms with Crippen LogP contribution < -0.4 is 0 Å². The van der Waals surface area contributed by atoms with Gasteiger partial charge in [0.05, 0.1) is 11.5 Å². The van der Waals surface area contributed by atoms with Crippen molar-refractivity contribution in [3.63, 3.8) is 0 Å². The highest BCUT2D eigenvalue weighted by Gasteiger charge is 2.18. The maximum Gasteiger partial charge on any atom is 0.338 e. The number of hydrogen-bond acceptors (Lipinski definition) is 6.